The van der Waals surface area contributed by atoms with E-state index in [0.29, 0.717) is 10.8 Å². The van der Waals surface area contributed by atoms with Gasteiger partial charge in [0, 0.05) is 0 Å². The predicted molar refractivity (Wildman–Crippen MR) is 81.0 cm³/mol. The first-order valence-electron chi connectivity index (χ1n) is 6.48. The summed E-state index contributed by atoms with van der Waals surface area (Å²) in [7, 11) is 0. The first-order valence-corrected chi connectivity index (χ1v) is 6.86. The number of pyridine rings is 1. The van der Waals surface area contributed by atoms with Crippen molar-refractivity contribution in [3.8, 4) is 0 Å². The zero-order valence-corrected chi connectivity index (χ0v) is 12.5. The third-order valence-corrected chi connectivity index (χ3v) is 3.41. The van der Waals surface area contributed by atoms with E-state index in [0.717, 1.165) is 11.1 Å². The Morgan fingerprint density at radius 3 is 2.70 bits per heavy atom. The molecule has 0 fully saturated rings. The van der Waals surface area contributed by atoms with Gasteiger partial charge in [0.2, 0.25) is 0 Å². The molecular formula is C16H17ClN2O. The molecule has 2 aromatic rings. The van der Waals surface area contributed by atoms with Crippen LogP contribution in [0, 0.1) is 13.8 Å². The summed E-state index contributed by atoms with van der Waals surface area (Å²) in [4.78, 5) is 16.2. The van der Waals surface area contributed by atoms with Crippen molar-refractivity contribution in [2.75, 3.05) is 0 Å². The van der Waals surface area contributed by atoms with E-state index in [9.17, 15) is 4.79 Å². The standard InChI is InChI=1S/C16H17ClN2O/c1-10-7-8-11(2)13(9-10)12(3)18-16(20)14-5-4-6-15(17)19-14/h4-9,12H,1-3H3,(H,18,20). The van der Waals surface area contributed by atoms with Gasteiger partial charge in [0.15, 0.2) is 0 Å². The fourth-order valence-corrected chi connectivity index (χ4v) is 2.27. The Morgan fingerprint density at radius 1 is 1.25 bits per heavy atom. The lowest BCUT2D eigenvalue weighted by atomic mass is 10.00. The molecule has 0 saturated carbocycles. The number of aromatic nitrogens is 1. The molecule has 1 heterocycles. The maximum atomic E-state index is 12.1. The van der Waals surface area contributed by atoms with Crippen molar-refractivity contribution in [3.05, 3.63) is 63.9 Å². The highest BCUT2D eigenvalue weighted by Crippen LogP contribution is 2.19. The maximum absolute atomic E-state index is 12.1. The molecule has 1 unspecified atom stereocenters. The lowest BCUT2D eigenvalue weighted by Gasteiger charge is -2.17. The van der Waals surface area contributed by atoms with Crippen molar-refractivity contribution in [1.29, 1.82) is 0 Å². The number of benzene rings is 1. The number of hydrogen-bond acceptors (Lipinski definition) is 2. The average Bonchev–Trinajstić information content (AvgIpc) is 2.41. The number of aryl methyl sites for hydroxylation is 2. The van der Waals surface area contributed by atoms with Crippen LogP contribution in [0.15, 0.2) is 36.4 Å². The SMILES string of the molecule is Cc1ccc(C)c(C(C)NC(=O)c2cccc(Cl)n2)c1. The van der Waals surface area contributed by atoms with Gasteiger partial charge in [0.05, 0.1) is 6.04 Å². The summed E-state index contributed by atoms with van der Waals surface area (Å²) in [5, 5.41) is 3.26. The van der Waals surface area contributed by atoms with Gasteiger partial charge < -0.3 is 5.32 Å². The van der Waals surface area contributed by atoms with Crippen LogP contribution >= 0.6 is 11.6 Å². The summed E-state index contributed by atoms with van der Waals surface area (Å²) >= 11 is 5.80. The van der Waals surface area contributed by atoms with Gasteiger partial charge in [0.25, 0.3) is 5.91 Å². The summed E-state index contributed by atoms with van der Waals surface area (Å²) < 4.78 is 0. The quantitative estimate of drug-likeness (QED) is 0.872. The summed E-state index contributed by atoms with van der Waals surface area (Å²) in [5.74, 6) is -0.221. The minimum atomic E-state index is -0.221. The van der Waals surface area contributed by atoms with E-state index in [1.807, 2.05) is 20.8 Å². The second-order valence-corrected chi connectivity index (χ2v) is 5.29. The fourth-order valence-electron chi connectivity index (χ4n) is 2.11. The van der Waals surface area contributed by atoms with Crippen LogP contribution in [0.4, 0.5) is 0 Å². The van der Waals surface area contributed by atoms with E-state index in [4.69, 9.17) is 11.6 Å². The molecule has 4 heteroatoms. The van der Waals surface area contributed by atoms with E-state index in [1.54, 1.807) is 18.2 Å². The highest BCUT2D eigenvalue weighted by atomic mass is 35.5. The number of hydrogen-bond donors (Lipinski definition) is 1. The van der Waals surface area contributed by atoms with Crippen LogP contribution in [0.3, 0.4) is 0 Å². The van der Waals surface area contributed by atoms with Gasteiger partial charge in [-0.05, 0) is 44.0 Å². The van der Waals surface area contributed by atoms with Gasteiger partial charge in [-0.1, -0.05) is 41.4 Å². The lowest BCUT2D eigenvalue weighted by Crippen LogP contribution is -2.27. The van der Waals surface area contributed by atoms with Gasteiger partial charge in [-0.2, -0.15) is 0 Å². The molecule has 0 spiro atoms. The van der Waals surface area contributed by atoms with Crippen LogP contribution in [-0.4, -0.2) is 10.9 Å². The lowest BCUT2D eigenvalue weighted by molar-refractivity contribution is 0.0935. The number of halogens is 1. The Hall–Kier alpha value is -1.87. The van der Waals surface area contributed by atoms with E-state index in [2.05, 4.69) is 28.5 Å². The van der Waals surface area contributed by atoms with E-state index < -0.39 is 0 Å². The minimum Gasteiger partial charge on any atom is -0.344 e. The predicted octanol–water partition coefficient (Wildman–Crippen LogP) is 3.84. The van der Waals surface area contributed by atoms with Crippen LogP contribution in [0.5, 0.6) is 0 Å². The molecule has 1 amide bonds. The summed E-state index contributed by atoms with van der Waals surface area (Å²) in [5.41, 5.74) is 3.77. The molecule has 0 saturated heterocycles. The largest absolute Gasteiger partial charge is 0.344 e. The molecule has 2 rings (SSSR count). The molecular weight excluding hydrogens is 272 g/mol. The van der Waals surface area contributed by atoms with Crippen molar-refractivity contribution < 1.29 is 4.79 Å². The Balaban J connectivity index is 2.17. The van der Waals surface area contributed by atoms with E-state index >= 15 is 0 Å². The molecule has 20 heavy (non-hydrogen) atoms. The number of nitrogens with zero attached hydrogens (tertiary/aromatic N) is 1. The smallest absolute Gasteiger partial charge is 0.270 e. The number of carbonyl (C=O) groups excluding carboxylic acids is 1. The van der Waals surface area contributed by atoms with Gasteiger partial charge in [-0.25, -0.2) is 4.98 Å². The Labute approximate surface area is 124 Å². The molecule has 1 aromatic heterocycles. The van der Waals surface area contributed by atoms with Crippen LogP contribution in [-0.2, 0) is 0 Å². The second kappa shape index (κ2) is 6.06. The van der Waals surface area contributed by atoms with Crippen LogP contribution < -0.4 is 5.32 Å². The van der Waals surface area contributed by atoms with Crippen LogP contribution in [0.2, 0.25) is 5.15 Å². The molecule has 104 valence electrons. The third kappa shape index (κ3) is 3.36. The molecule has 1 aromatic carbocycles. The van der Waals surface area contributed by atoms with Crippen molar-refractivity contribution in [2.24, 2.45) is 0 Å². The topological polar surface area (TPSA) is 42.0 Å². The van der Waals surface area contributed by atoms with Crippen molar-refractivity contribution in [1.82, 2.24) is 10.3 Å². The maximum Gasteiger partial charge on any atom is 0.270 e. The number of rotatable bonds is 3. The molecule has 0 aliphatic heterocycles. The normalized spacial score (nSPS) is 12.0. The highest BCUT2D eigenvalue weighted by Gasteiger charge is 2.14. The number of nitrogens with one attached hydrogen (secondary N) is 1. The molecule has 0 bridgehead atoms. The molecule has 0 aliphatic rings. The van der Waals surface area contributed by atoms with Crippen molar-refractivity contribution >= 4 is 17.5 Å². The first kappa shape index (κ1) is 14.5. The Morgan fingerprint density at radius 2 is 2.00 bits per heavy atom. The van der Waals surface area contributed by atoms with Gasteiger partial charge in [0.1, 0.15) is 10.8 Å². The van der Waals surface area contributed by atoms with Crippen LogP contribution in [0.25, 0.3) is 0 Å². The van der Waals surface area contributed by atoms with Crippen molar-refractivity contribution in [2.45, 2.75) is 26.8 Å². The zero-order valence-electron chi connectivity index (χ0n) is 11.8. The second-order valence-electron chi connectivity index (χ2n) is 4.90. The number of amides is 1. The zero-order chi connectivity index (χ0) is 14.7. The van der Waals surface area contributed by atoms with Gasteiger partial charge >= 0.3 is 0 Å². The Bertz CT molecular complexity index is 640. The third-order valence-electron chi connectivity index (χ3n) is 3.20. The van der Waals surface area contributed by atoms with E-state index in [-0.39, 0.29) is 11.9 Å². The van der Waals surface area contributed by atoms with Crippen molar-refractivity contribution in [3.63, 3.8) is 0 Å². The van der Waals surface area contributed by atoms with Gasteiger partial charge in [-0.3, -0.25) is 4.79 Å². The molecule has 1 atom stereocenters. The molecule has 1 N–H and O–H groups in total. The average molecular weight is 289 g/mol. The molecule has 3 nitrogen and oxygen atoms in total. The summed E-state index contributed by atoms with van der Waals surface area (Å²) in [6.07, 6.45) is 0. The fraction of sp³-hybridized carbons (Fsp3) is 0.250. The first-order chi connectivity index (χ1) is 9.47. The monoisotopic (exact) mass is 288 g/mol. The molecule has 0 radical (unpaired) electrons. The summed E-state index contributed by atoms with van der Waals surface area (Å²) in [6.45, 7) is 6.04. The highest BCUT2D eigenvalue weighted by molar-refractivity contribution is 6.29. The minimum absolute atomic E-state index is 0.0804. The van der Waals surface area contributed by atoms with Crippen LogP contribution in [0.1, 0.15) is 40.1 Å². The Kier molecular flexibility index (Phi) is 4.40. The molecule has 0 aliphatic carbocycles. The number of carbonyl (C=O) groups is 1. The summed E-state index contributed by atoms with van der Waals surface area (Å²) in [6, 6.07) is 11.1. The van der Waals surface area contributed by atoms with E-state index in [1.165, 1.54) is 5.56 Å². The van der Waals surface area contributed by atoms with Gasteiger partial charge in [-0.15, -0.1) is 0 Å².